The number of nitrogens with one attached hydrogen (secondary N) is 1. The Morgan fingerprint density at radius 2 is 2.10 bits per heavy atom. The zero-order chi connectivity index (χ0) is 14.9. The number of fused-ring (bicyclic) bond motifs is 1. The highest BCUT2D eigenvalue weighted by Crippen LogP contribution is 2.43. The fourth-order valence-electron chi connectivity index (χ4n) is 3.58. The van der Waals surface area contributed by atoms with Crippen molar-refractivity contribution < 1.29 is 13.9 Å². The number of para-hydroxylation sites is 1. The van der Waals surface area contributed by atoms with Gasteiger partial charge in [-0.25, -0.2) is 4.39 Å². The van der Waals surface area contributed by atoms with Gasteiger partial charge in [0.15, 0.2) is 6.17 Å². The zero-order valence-corrected chi connectivity index (χ0v) is 12.3. The van der Waals surface area contributed by atoms with Crippen LogP contribution in [0.25, 0.3) is 0 Å². The van der Waals surface area contributed by atoms with Gasteiger partial charge in [-0.15, -0.1) is 0 Å². The van der Waals surface area contributed by atoms with Gasteiger partial charge in [0.25, 0.3) is 0 Å². The fraction of sp³-hybridized carbons (Fsp3) is 0.562. The van der Waals surface area contributed by atoms with Gasteiger partial charge in [0.05, 0.1) is 12.1 Å². The summed E-state index contributed by atoms with van der Waals surface area (Å²) in [5, 5.41) is 3.26. The molecule has 1 saturated heterocycles. The van der Waals surface area contributed by atoms with Crippen molar-refractivity contribution in [2.45, 2.75) is 24.6 Å². The van der Waals surface area contributed by atoms with Crippen molar-refractivity contribution in [1.29, 1.82) is 0 Å². The summed E-state index contributed by atoms with van der Waals surface area (Å²) in [5.74, 6) is -0.374. The Kier molecular flexibility index (Phi) is 3.95. The van der Waals surface area contributed by atoms with Gasteiger partial charge in [0.2, 0.25) is 5.78 Å². The van der Waals surface area contributed by atoms with Gasteiger partial charge in [0, 0.05) is 24.9 Å². The minimum atomic E-state index is -1.47. The molecule has 4 nitrogen and oxygen atoms in total. The summed E-state index contributed by atoms with van der Waals surface area (Å²) in [6.07, 6.45) is -0.193. The first-order valence-electron chi connectivity index (χ1n) is 7.45. The smallest absolute Gasteiger partial charge is 0.201 e. The number of methoxy groups -OCH3 is 1. The number of alkyl halides is 1. The molecule has 0 aromatic heterocycles. The maximum Gasteiger partial charge on any atom is 0.201 e. The van der Waals surface area contributed by atoms with E-state index >= 15 is 4.39 Å². The maximum absolute atomic E-state index is 15.0. The summed E-state index contributed by atoms with van der Waals surface area (Å²) in [6, 6.07) is 7.33. The van der Waals surface area contributed by atoms with Crippen molar-refractivity contribution in [2.24, 2.45) is 0 Å². The molecule has 0 bridgehead atoms. The van der Waals surface area contributed by atoms with E-state index in [1.165, 1.54) is 0 Å². The molecule has 1 atom stereocenters. The number of rotatable bonds is 3. The van der Waals surface area contributed by atoms with E-state index in [0.29, 0.717) is 31.6 Å². The van der Waals surface area contributed by atoms with Gasteiger partial charge in [-0.1, -0.05) is 12.1 Å². The van der Waals surface area contributed by atoms with E-state index in [2.05, 4.69) is 10.2 Å². The molecule has 114 valence electrons. The number of anilines is 1. The standard InChI is InChI=1S/C16H21FN2O2/c1-21-11-10-19-13-5-3-2-4-12(13)14(20)15(17)16(19)6-8-18-9-7-16/h2-5,15,18H,6-11H2,1H3. The Balaban J connectivity index is 2.07. The van der Waals surface area contributed by atoms with E-state index in [1.54, 1.807) is 19.2 Å². The normalized spacial score (nSPS) is 24.2. The molecule has 0 radical (unpaired) electrons. The Bertz CT molecular complexity index is 529. The third-order valence-electron chi connectivity index (χ3n) is 4.69. The second-order valence-corrected chi connectivity index (χ2v) is 5.74. The van der Waals surface area contributed by atoms with Crippen LogP contribution in [0.1, 0.15) is 23.2 Å². The summed E-state index contributed by atoms with van der Waals surface area (Å²) in [4.78, 5) is 14.5. The lowest BCUT2D eigenvalue weighted by Gasteiger charge is -2.52. The van der Waals surface area contributed by atoms with Crippen LogP contribution < -0.4 is 10.2 Å². The van der Waals surface area contributed by atoms with Crippen molar-refractivity contribution in [3.8, 4) is 0 Å². The van der Waals surface area contributed by atoms with Crippen molar-refractivity contribution in [3.63, 3.8) is 0 Å². The Morgan fingerprint density at radius 3 is 2.81 bits per heavy atom. The number of piperidine rings is 1. The monoisotopic (exact) mass is 292 g/mol. The van der Waals surface area contributed by atoms with Crippen LogP contribution >= 0.6 is 0 Å². The molecule has 1 fully saturated rings. The van der Waals surface area contributed by atoms with E-state index in [4.69, 9.17) is 4.74 Å². The highest BCUT2D eigenvalue weighted by Gasteiger charge is 2.52. The van der Waals surface area contributed by atoms with Gasteiger partial charge in [-0.05, 0) is 38.1 Å². The predicted molar refractivity (Wildman–Crippen MR) is 79.7 cm³/mol. The first kappa shape index (κ1) is 14.5. The molecule has 3 rings (SSSR count). The number of hydrogen-bond donors (Lipinski definition) is 1. The first-order valence-corrected chi connectivity index (χ1v) is 7.45. The van der Waals surface area contributed by atoms with Crippen LogP contribution in [-0.4, -0.2) is 50.8 Å². The summed E-state index contributed by atoms with van der Waals surface area (Å²) < 4.78 is 20.2. The van der Waals surface area contributed by atoms with E-state index in [0.717, 1.165) is 18.8 Å². The average Bonchev–Trinajstić information content (AvgIpc) is 2.54. The lowest BCUT2D eigenvalue weighted by Crippen LogP contribution is -2.65. The van der Waals surface area contributed by atoms with Crippen molar-refractivity contribution >= 4 is 11.5 Å². The van der Waals surface area contributed by atoms with Crippen molar-refractivity contribution in [1.82, 2.24) is 5.32 Å². The minimum Gasteiger partial charge on any atom is -0.383 e. The lowest BCUT2D eigenvalue weighted by molar-refractivity contribution is 0.0666. The number of carbonyl (C=O) groups excluding carboxylic acids is 1. The van der Waals surface area contributed by atoms with E-state index < -0.39 is 11.7 Å². The van der Waals surface area contributed by atoms with Crippen LogP contribution in [-0.2, 0) is 4.74 Å². The molecule has 1 spiro atoms. The molecule has 2 aliphatic heterocycles. The third kappa shape index (κ3) is 2.24. The summed E-state index contributed by atoms with van der Waals surface area (Å²) in [5.41, 5.74) is 0.607. The van der Waals surface area contributed by atoms with Gasteiger partial charge in [-0.2, -0.15) is 0 Å². The largest absolute Gasteiger partial charge is 0.383 e. The minimum absolute atomic E-state index is 0.374. The second-order valence-electron chi connectivity index (χ2n) is 5.74. The Morgan fingerprint density at radius 1 is 1.38 bits per heavy atom. The molecule has 2 aliphatic rings. The summed E-state index contributed by atoms with van der Waals surface area (Å²) in [6.45, 7) is 2.59. The average molecular weight is 292 g/mol. The molecule has 0 amide bonds. The summed E-state index contributed by atoms with van der Waals surface area (Å²) in [7, 11) is 1.64. The molecule has 5 heteroatoms. The number of hydrogen-bond acceptors (Lipinski definition) is 4. The number of benzene rings is 1. The highest BCUT2D eigenvalue weighted by molar-refractivity contribution is 6.07. The predicted octanol–water partition coefficient (Wildman–Crippen LogP) is 1.80. The van der Waals surface area contributed by atoms with E-state index in [9.17, 15) is 4.79 Å². The van der Waals surface area contributed by atoms with Gasteiger partial charge < -0.3 is 15.0 Å². The van der Waals surface area contributed by atoms with Crippen molar-refractivity contribution in [3.05, 3.63) is 29.8 Å². The van der Waals surface area contributed by atoms with Crippen molar-refractivity contribution in [2.75, 3.05) is 38.3 Å². The molecule has 1 unspecified atom stereocenters. The third-order valence-corrected chi connectivity index (χ3v) is 4.69. The van der Waals surface area contributed by atoms with Crippen LogP contribution in [0.3, 0.4) is 0 Å². The van der Waals surface area contributed by atoms with Crippen LogP contribution in [0, 0.1) is 0 Å². The molecule has 0 aliphatic carbocycles. The highest BCUT2D eigenvalue weighted by atomic mass is 19.1. The SMILES string of the molecule is COCCN1c2ccccc2C(=O)C(F)C12CCNCC2. The van der Waals surface area contributed by atoms with E-state index in [1.807, 2.05) is 12.1 Å². The Labute approximate surface area is 124 Å². The lowest BCUT2D eigenvalue weighted by atomic mass is 9.75. The fourth-order valence-corrected chi connectivity index (χ4v) is 3.58. The topological polar surface area (TPSA) is 41.6 Å². The summed E-state index contributed by atoms with van der Waals surface area (Å²) >= 11 is 0. The van der Waals surface area contributed by atoms with Crippen LogP contribution in [0.5, 0.6) is 0 Å². The van der Waals surface area contributed by atoms with Crippen LogP contribution in [0.15, 0.2) is 24.3 Å². The molecule has 1 aromatic rings. The number of halogens is 1. The quantitative estimate of drug-likeness (QED) is 0.922. The van der Waals surface area contributed by atoms with Crippen LogP contribution in [0.2, 0.25) is 0 Å². The molecule has 1 aromatic carbocycles. The van der Waals surface area contributed by atoms with Crippen LogP contribution in [0.4, 0.5) is 10.1 Å². The Hall–Kier alpha value is -1.46. The molecule has 21 heavy (non-hydrogen) atoms. The second kappa shape index (κ2) is 5.73. The molecular formula is C16H21FN2O2. The number of ether oxygens (including phenoxy) is 1. The number of carbonyl (C=O) groups is 1. The number of Topliss-reactive ketones (excluding diaryl/α,β-unsaturated/α-hetero) is 1. The number of nitrogens with zero attached hydrogens (tertiary/aromatic N) is 1. The number of ketones is 1. The zero-order valence-electron chi connectivity index (χ0n) is 12.3. The van der Waals surface area contributed by atoms with E-state index in [-0.39, 0.29) is 5.78 Å². The van der Waals surface area contributed by atoms with Gasteiger partial charge >= 0.3 is 0 Å². The van der Waals surface area contributed by atoms with Gasteiger partial charge in [-0.3, -0.25) is 4.79 Å². The molecular weight excluding hydrogens is 271 g/mol. The first-order chi connectivity index (χ1) is 10.2. The molecule has 0 saturated carbocycles. The maximum atomic E-state index is 15.0. The molecule has 2 heterocycles. The molecule has 1 N–H and O–H groups in total. The van der Waals surface area contributed by atoms with Gasteiger partial charge in [0.1, 0.15) is 0 Å².